The fourth-order valence-corrected chi connectivity index (χ4v) is 6.76. The minimum Gasteiger partial charge on any atom is -0.491 e. The zero-order chi connectivity index (χ0) is 28.1. The number of hydrogen-bond donors (Lipinski definition) is 0. The lowest BCUT2D eigenvalue weighted by Gasteiger charge is -2.21. The maximum atomic E-state index is 15.0. The molecule has 3 aromatic rings. The van der Waals surface area contributed by atoms with Crippen LogP contribution in [-0.2, 0) is 0 Å². The van der Waals surface area contributed by atoms with Crippen LogP contribution >= 0.6 is 0 Å². The zero-order valence-electron chi connectivity index (χ0n) is 18.3. The van der Waals surface area contributed by atoms with E-state index < -0.39 is 114 Å². The molecular formula is C21H9AlF12O3. The van der Waals surface area contributed by atoms with Crippen molar-refractivity contribution in [1.82, 2.24) is 0 Å². The standard InChI is InChI=1S/3C7H3F4O.Al/c3*1-12-7-5(10)3(8)2-4(9)6(7)11;/h3*1H3;. The van der Waals surface area contributed by atoms with Gasteiger partial charge >= 0.3 is 14.1 Å². The lowest BCUT2D eigenvalue weighted by molar-refractivity contribution is 0.333. The van der Waals surface area contributed by atoms with Crippen LogP contribution in [-0.4, -0.2) is 35.5 Å². The Morgan fingerprint density at radius 2 is 0.486 bits per heavy atom. The molecule has 0 aliphatic rings. The van der Waals surface area contributed by atoms with Crippen molar-refractivity contribution in [3.63, 3.8) is 0 Å². The van der Waals surface area contributed by atoms with Gasteiger partial charge in [-0.3, -0.25) is 0 Å². The first-order chi connectivity index (χ1) is 17.3. The van der Waals surface area contributed by atoms with E-state index in [9.17, 15) is 52.7 Å². The molecule has 0 radical (unpaired) electrons. The number of hydrogen-bond acceptors (Lipinski definition) is 3. The highest BCUT2D eigenvalue weighted by atomic mass is 27.2. The summed E-state index contributed by atoms with van der Waals surface area (Å²) in [6.07, 6.45) is 0. The quantitative estimate of drug-likeness (QED) is 0.259. The van der Waals surface area contributed by atoms with E-state index in [2.05, 4.69) is 14.2 Å². The Balaban J connectivity index is 2.67. The Bertz CT molecular complexity index is 1170. The van der Waals surface area contributed by atoms with Gasteiger partial charge in [-0.25, -0.2) is 26.3 Å². The van der Waals surface area contributed by atoms with Crippen LogP contribution in [0.2, 0.25) is 0 Å². The molecule has 0 bridgehead atoms. The number of halogens is 12. The van der Waals surface area contributed by atoms with Crippen molar-refractivity contribution in [3.8, 4) is 17.2 Å². The van der Waals surface area contributed by atoms with Crippen LogP contribution in [0.1, 0.15) is 0 Å². The Kier molecular flexibility index (Phi) is 7.85. The summed E-state index contributed by atoms with van der Waals surface area (Å²) >= 11 is -5.66. The molecule has 0 atom stereocenters. The summed E-state index contributed by atoms with van der Waals surface area (Å²) in [6, 6.07) is 0. The second-order valence-corrected chi connectivity index (χ2v) is 9.64. The van der Waals surface area contributed by atoms with Gasteiger partial charge in [0.15, 0.2) is 52.2 Å². The average molecular weight is 564 g/mol. The number of methoxy groups -OCH3 is 3. The van der Waals surface area contributed by atoms with Gasteiger partial charge in [0.1, 0.15) is 0 Å². The van der Waals surface area contributed by atoms with Crippen LogP contribution in [0.25, 0.3) is 0 Å². The highest BCUT2D eigenvalue weighted by Crippen LogP contribution is 2.30. The summed E-state index contributed by atoms with van der Waals surface area (Å²) in [6.45, 7) is 0. The SMILES string of the molecule is COc1c(F)c(F)[c]([Al]([c]2c(F)c(F)c(OC)c(F)c2F)[c]2c(F)c(F)c(OC)c(F)c2F)c(F)c1F. The lowest BCUT2D eigenvalue weighted by Crippen LogP contribution is -2.60. The average Bonchev–Trinajstić information content (AvgIpc) is 2.86. The minimum absolute atomic E-state index is 0.538. The minimum atomic E-state index is -5.66. The van der Waals surface area contributed by atoms with Gasteiger partial charge in [-0.15, -0.1) is 0 Å². The van der Waals surface area contributed by atoms with E-state index in [-0.39, 0.29) is 0 Å². The Morgan fingerprint density at radius 1 is 0.324 bits per heavy atom. The normalized spacial score (nSPS) is 11.1. The molecule has 0 aliphatic carbocycles. The van der Waals surface area contributed by atoms with Crippen molar-refractivity contribution in [2.75, 3.05) is 21.3 Å². The molecule has 0 aromatic heterocycles. The molecule has 37 heavy (non-hydrogen) atoms. The predicted octanol–water partition coefficient (Wildman–Crippen LogP) is 3.90. The van der Waals surface area contributed by atoms with Gasteiger partial charge in [0, 0.05) is 0 Å². The molecule has 0 unspecified atom stereocenters. The monoisotopic (exact) mass is 564 g/mol. The summed E-state index contributed by atoms with van der Waals surface area (Å²) in [5, 5.41) is 0. The second kappa shape index (κ2) is 10.3. The van der Waals surface area contributed by atoms with E-state index in [4.69, 9.17) is 0 Å². The molecule has 3 nitrogen and oxygen atoms in total. The first kappa shape index (κ1) is 28.3. The second-order valence-electron chi connectivity index (χ2n) is 7.04. The summed E-state index contributed by atoms with van der Waals surface area (Å²) < 4.78 is 182. The lowest BCUT2D eigenvalue weighted by atomic mass is 10.2. The van der Waals surface area contributed by atoms with Crippen molar-refractivity contribution in [3.05, 3.63) is 69.8 Å². The molecule has 0 N–H and O–H groups in total. The van der Waals surface area contributed by atoms with E-state index >= 15 is 0 Å². The smallest absolute Gasteiger partial charge is 0.413 e. The third-order valence-electron chi connectivity index (χ3n) is 5.25. The third kappa shape index (κ3) is 4.12. The van der Waals surface area contributed by atoms with Crippen LogP contribution in [0, 0.1) is 69.8 Å². The molecule has 0 fully saturated rings. The highest BCUT2D eigenvalue weighted by molar-refractivity contribution is 6.95. The van der Waals surface area contributed by atoms with E-state index in [0.29, 0.717) is 21.3 Å². The largest absolute Gasteiger partial charge is 0.491 e. The molecule has 198 valence electrons. The van der Waals surface area contributed by atoms with Crippen molar-refractivity contribution in [1.29, 1.82) is 0 Å². The molecule has 0 heterocycles. The van der Waals surface area contributed by atoms with Gasteiger partial charge in [-0.05, 0) is 13.3 Å². The Labute approximate surface area is 203 Å². The van der Waals surface area contributed by atoms with Gasteiger partial charge in [0.25, 0.3) is 0 Å². The number of rotatable bonds is 6. The highest BCUT2D eigenvalue weighted by Gasteiger charge is 2.47. The molecule has 16 heteroatoms. The summed E-state index contributed by atoms with van der Waals surface area (Å²) in [5.41, 5.74) is 0. The topological polar surface area (TPSA) is 27.7 Å². The van der Waals surface area contributed by atoms with Crippen molar-refractivity contribution in [2.24, 2.45) is 0 Å². The summed E-state index contributed by atoms with van der Waals surface area (Å²) in [7, 11) is 1.61. The number of benzene rings is 3. The fraction of sp³-hybridized carbons (Fsp3) is 0.143. The van der Waals surface area contributed by atoms with Gasteiger partial charge in [-0.2, -0.15) is 26.3 Å². The van der Waals surface area contributed by atoms with Crippen molar-refractivity contribution in [2.45, 2.75) is 0 Å². The van der Waals surface area contributed by atoms with Gasteiger partial charge < -0.3 is 14.2 Å². The Morgan fingerprint density at radius 3 is 0.622 bits per heavy atom. The molecule has 0 amide bonds. The van der Waals surface area contributed by atoms with E-state index in [1.165, 1.54) is 0 Å². The molecule has 3 aromatic carbocycles. The molecule has 0 aliphatic heterocycles. The first-order valence-corrected chi connectivity index (χ1v) is 11.2. The first-order valence-electron chi connectivity index (χ1n) is 9.47. The van der Waals surface area contributed by atoms with Gasteiger partial charge in [-0.1, -0.05) is 0 Å². The maximum Gasteiger partial charge on any atom is 0.413 e. The molecule has 0 saturated heterocycles. The van der Waals surface area contributed by atoms with Gasteiger partial charge in [0.2, 0.25) is 34.9 Å². The van der Waals surface area contributed by atoms with Gasteiger partial charge in [0.05, 0.1) is 21.3 Å². The summed E-state index contributed by atoms with van der Waals surface area (Å²) in [4.78, 5) is 0. The molecular weight excluding hydrogens is 555 g/mol. The van der Waals surface area contributed by atoms with Crippen LogP contribution in [0.15, 0.2) is 0 Å². The molecule has 3 rings (SSSR count). The Hall–Kier alpha value is -3.25. The molecule has 0 spiro atoms. The number of ether oxygens (including phenoxy) is 3. The summed E-state index contributed by atoms with van der Waals surface area (Å²) in [5.74, 6) is -35.2. The fourth-order valence-electron chi connectivity index (χ4n) is 3.62. The van der Waals surface area contributed by atoms with Crippen LogP contribution in [0.5, 0.6) is 17.2 Å². The maximum absolute atomic E-state index is 15.0. The van der Waals surface area contributed by atoms with E-state index in [1.54, 1.807) is 0 Å². The van der Waals surface area contributed by atoms with Crippen LogP contribution in [0.3, 0.4) is 0 Å². The molecule has 0 saturated carbocycles. The zero-order valence-corrected chi connectivity index (χ0v) is 19.5. The third-order valence-corrected chi connectivity index (χ3v) is 8.50. The van der Waals surface area contributed by atoms with Crippen molar-refractivity contribution < 1.29 is 66.9 Å². The van der Waals surface area contributed by atoms with E-state index in [0.717, 1.165) is 0 Å². The van der Waals surface area contributed by atoms with Crippen molar-refractivity contribution >= 4 is 27.4 Å². The van der Waals surface area contributed by atoms with Crippen LogP contribution in [0.4, 0.5) is 52.7 Å². The van der Waals surface area contributed by atoms with Crippen LogP contribution < -0.4 is 27.5 Å². The predicted molar refractivity (Wildman–Crippen MR) is 103 cm³/mol. The van der Waals surface area contributed by atoms with E-state index in [1.807, 2.05) is 0 Å².